The molecule has 4 heteroatoms. The van der Waals surface area contributed by atoms with Crippen LogP contribution >= 0.6 is 0 Å². The zero-order valence-corrected chi connectivity index (χ0v) is 9.22. The van der Waals surface area contributed by atoms with Gasteiger partial charge in [0.2, 0.25) is 5.88 Å². The van der Waals surface area contributed by atoms with E-state index in [1.807, 2.05) is 6.07 Å². The van der Waals surface area contributed by atoms with E-state index in [0.29, 0.717) is 18.1 Å². The van der Waals surface area contributed by atoms with Crippen LogP contribution in [0.3, 0.4) is 0 Å². The van der Waals surface area contributed by atoms with E-state index in [-0.39, 0.29) is 0 Å². The molecule has 0 spiro atoms. The molecule has 0 radical (unpaired) electrons. The monoisotopic (exact) mass is 217 g/mol. The number of nitriles is 1. The first-order chi connectivity index (χ1) is 7.88. The molecule has 1 aromatic rings. The molecule has 1 aliphatic heterocycles. The fraction of sp³-hybridized carbons (Fsp3) is 0.500. The van der Waals surface area contributed by atoms with Crippen molar-refractivity contribution in [1.82, 2.24) is 9.88 Å². The highest BCUT2D eigenvalue weighted by Gasteiger charge is 2.10. The van der Waals surface area contributed by atoms with Crippen LogP contribution in [0.2, 0.25) is 0 Å². The molecule has 0 amide bonds. The Labute approximate surface area is 95.5 Å². The summed E-state index contributed by atoms with van der Waals surface area (Å²) in [6.45, 7) is 3.99. The van der Waals surface area contributed by atoms with Gasteiger partial charge in [0, 0.05) is 18.8 Å². The fourth-order valence-electron chi connectivity index (χ4n) is 1.82. The van der Waals surface area contributed by atoms with Gasteiger partial charge in [-0.05, 0) is 32.0 Å². The zero-order chi connectivity index (χ0) is 11.2. The van der Waals surface area contributed by atoms with Gasteiger partial charge < -0.3 is 4.74 Å². The predicted octanol–water partition coefficient (Wildman–Crippen LogP) is 1.43. The summed E-state index contributed by atoms with van der Waals surface area (Å²) in [5.74, 6) is 0.596. The summed E-state index contributed by atoms with van der Waals surface area (Å²) in [7, 11) is 0. The molecule has 0 saturated carbocycles. The summed E-state index contributed by atoms with van der Waals surface area (Å²) in [6.07, 6.45) is 4.13. The average molecular weight is 217 g/mol. The van der Waals surface area contributed by atoms with Crippen molar-refractivity contribution in [2.45, 2.75) is 12.8 Å². The van der Waals surface area contributed by atoms with Crippen molar-refractivity contribution >= 4 is 0 Å². The highest BCUT2D eigenvalue weighted by Crippen LogP contribution is 2.09. The third kappa shape index (κ3) is 2.94. The molecular weight excluding hydrogens is 202 g/mol. The molecule has 1 aromatic heterocycles. The molecule has 2 rings (SSSR count). The number of aromatic nitrogens is 1. The lowest BCUT2D eigenvalue weighted by Crippen LogP contribution is -2.25. The molecule has 0 atom stereocenters. The van der Waals surface area contributed by atoms with Crippen molar-refractivity contribution in [3.8, 4) is 11.9 Å². The molecule has 0 aromatic carbocycles. The molecule has 0 bridgehead atoms. The van der Waals surface area contributed by atoms with Crippen molar-refractivity contribution < 1.29 is 4.74 Å². The Morgan fingerprint density at radius 3 is 2.81 bits per heavy atom. The van der Waals surface area contributed by atoms with E-state index in [9.17, 15) is 0 Å². The topological polar surface area (TPSA) is 49.1 Å². The normalized spacial score (nSPS) is 15.9. The molecule has 1 fully saturated rings. The van der Waals surface area contributed by atoms with Crippen LogP contribution < -0.4 is 4.74 Å². The Morgan fingerprint density at radius 2 is 2.19 bits per heavy atom. The molecular formula is C12H15N3O. The molecule has 1 saturated heterocycles. The van der Waals surface area contributed by atoms with Gasteiger partial charge in [-0.2, -0.15) is 5.26 Å². The van der Waals surface area contributed by atoms with Crippen LogP contribution in [-0.4, -0.2) is 36.1 Å². The van der Waals surface area contributed by atoms with E-state index in [1.54, 1.807) is 12.1 Å². The first-order valence-corrected chi connectivity index (χ1v) is 5.60. The Balaban J connectivity index is 1.74. The lowest BCUT2D eigenvalue weighted by molar-refractivity contribution is 0.232. The van der Waals surface area contributed by atoms with Crippen molar-refractivity contribution in [3.05, 3.63) is 23.9 Å². The van der Waals surface area contributed by atoms with Gasteiger partial charge in [-0.1, -0.05) is 0 Å². The summed E-state index contributed by atoms with van der Waals surface area (Å²) in [5.41, 5.74) is 0.562. The maximum Gasteiger partial charge on any atom is 0.213 e. The number of ether oxygens (including phenoxy) is 1. The van der Waals surface area contributed by atoms with E-state index in [0.717, 1.165) is 6.54 Å². The maximum atomic E-state index is 8.61. The predicted molar refractivity (Wildman–Crippen MR) is 60.1 cm³/mol. The van der Waals surface area contributed by atoms with Crippen molar-refractivity contribution in [1.29, 1.82) is 5.26 Å². The smallest absolute Gasteiger partial charge is 0.213 e. The minimum absolute atomic E-state index is 0.562. The molecule has 84 valence electrons. The minimum Gasteiger partial charge on any atom is -0.476 e. The van der Waals surface area contributed by atoms with E-state index in [1.165, 1.54) is 32.1 Å². The number of hydrogen-bond donors (Lipinski definition) is 0. The summed E-state index contributed by atoms with van der Waals surface area (Å²) in [5, 5.41) is 8.61. The standard InChI is InChI=1S/C12H15N3O/c13-9-11-3-4-12(14-10-11)16-8-7-15-5-1-2-6-15/h3-4,10H,1-2,5-8H2. The molecule has 0 unspecified atom stereocenters. The number of rotatable bonds is 4. The van der Waals surface area contributed by atoms with Crippen molar-refractivity contribution in [2.24, 2.45) is 0 Å². The average Bonchev–Trinajstić information content (AvgIpc) is 2.83. The third-order valence-electron chi connectivity index (χ3n) is 2.72. The largest absolute Gasteiger partial charge is 0.476 e. The molecule has 1 aliphatic rings. The molecule has 4 nitrogen and oxygen atoms in total. The number of pyridine rings is 1. The number of nitrogens with zero attached hydrogens (tertiary/aromatic N) is 3. The van der Waals surface area contributed by atoms with E-state index >= 15 is 0 Å². The van der Waals surface area contributed by atoms with Gasteiger partial charge in [0.15, 0.2) is 0 Å². The van der Waals surface area contributed by atoms with E-state index in [4.69, 9.17) is 10.00 Å². The Morgan fingerprint density at radius 1 is 1.38 bits per heavy atom. The van der Waals surface area contributed by atoms with E-state index < -0.39 is 0 Å². The van der Waals surface area contributed by atoms with Crippen LogP contribution in [0.15, 0.2) is 18.3 Å². The van der Waals surface area contributed by atoms with E-state index in [2.05, 4.69) is 9.88 Å². The first kappa shape index (κ1) is 10.9. The lowest BCUT2D eigenvalue weighted by Gasteiger charge is -2.14. The van der Waals surface area contributed by atoms with Crippen LogP contribution in [0.25, 0.3) is 0 Å². The summed E-state index contributed by atoms with van der Waals surface area (Å²) in [4.78, 5) is 6.44. The van der Waals surface area contributed by atoms with Crippen LogP contribution in [0.5, 0.6) is 5.88 Å². The molecule has 0 N–H and O–H groups in total. The second-order valence-corrected chi connectivity index (χ2v) is 3.89. The molecule has 16 heavy (non-hydrogen) atoms. The number of hydrogen-bond acceptors (Lipinski definition) is 4. The number of likely N-dealkylation sites (tertiary alicyclic amines) is 1. The highest BCUT2D eigenvalue weighted by atomic mass is 16.5. The van der Waals surface area contributed by atoms with Gasteiger partial charge in [0.05, 0.1) is 5.56 Å². The van der Waals surface area contributed by atoms with Crippen LogP contribution in [-0.2, 0) is 0 Å². The van der Waals surface area contributed by atoms with Gasteiger partial charge in [-0.25, -0.2) is 4.98 Å². The van der Waals surface area contributed by atoms with Crippen LogP contribution in [0, 0.1) is 11.3 Å². The van der Waals surface area contributed by atoms with Crippen LogP contribution in [0.4, 0.5) is 0 Å². The zero-order valence-electron chi connectivity index (χ0n) is 9.22. The van der Waals surface area contributed by atoms with Gasteiger partial charge in [-0.3, -0.25) is 4.90 Å². The highest BCUT2D eigenvalue weighted by molar-refractivity contribution is 5.28. The lowest BCUT2D eigenvalue weighted by atomic mass is 10.3. The SMILES string of the molecule is N#Cc1ccc(OCCN2CCCC2)nc1. The summed E-state index contributed by atoms with van der Waals surface area (Å²) in [6, 6.07) is 5.49. The minimum atomic E-state index is 0.562. The second kappa shape index (κ2) is 5.47. The quantitative estimate of drug-likeness (QED) is 0.765. The Bertz CT molecular complexity index is 363. The van der Waals surface area contributed by atoms with Gasteiger partial charge in [0.1, 0.15) is 12.7 Å². The van der Waals surface area contributed by atoms with Crippen molar-refractivity contribution in [2.75, 3.05) is 26.2 Å². The second-order valence-electron chi connectivity index (χ2n) is 3.89. The third-order valence-corrected chi connectivity index (χ3v) is 2.72. The summed E-state index contributed by atoms with van der Waals surface area (Å²) >= 11 is 0. The van der Waals surface area contributed by atoms with Gasteiger partial charge in [-0.15, -0.1) is 0 Å². The molecule has 0 aliphatic carbocycles. The van der Waals surface area contributed by atoms with Crippen molar-refractivity contribution in [3.63, 3.8) is 0 Å². The Hall–Kier alpha value is -1.60. The maximum absolute atomic E-state index is 8.61. The van der Waals surface area contributed by atoms with Gasteiger partial charge in [0.25, 0.3) is 0 Å². The van der Waals surface area contributed by atoms with Crippen LogP contribution in [0.1, 0.15) is 18.4 Å². The Kier molecular flexibility index (Phi) is 3.73. The fourth-order valence-corrected chi connectivity index (χ4v) is 1.82. The van der Waals surface area contributed by atoms with Gasteiger partial charge >= 0.3 is 0 Å². The first-order valence-electron chi connectivity index (χ1n) is 5.60. The summed E-state index contributed by atoms with van der Waals surface area (Å²) < 4.78 is 5.51. The molecule has 2 heterocycles.